The van der Waals surface area contributed by atoms with Gasteiger partial charge < -0.3 is 25.3 Å². The largest absolute Gasteiger partial charge is 0.399 e. The third-order valence-electron chi connectivity index (χ3n) is 7.53. The zero-order chi connectivity index (χ0) is 33.6. The van der Waals surface area contributed by atoms with E-state index in [-0.39, 0.29) is 10.3 Å². The molecule has 2 atom stereocenters. The van der Waals surface area contributed by atoms with Crippen LogP contribution < -0.4 is 10.6 Å². The van der Waals surface area contributed by atoms with Crippen molar-refractivity contribution < 1.29 is 37.5 Å². The second-order valence-electron chi connectivity index (χ2n) is 11.9. The number of nitrogens with one attached hydrogen (secondary N) is 2. The summed E-state index contributed by atoms with van der Waals surface area (Å²) >= 11 is 8.35. The standard InChI is InChI=1S/C30H30ClF2N4O6PS2/c1-29(2,3)24(35-26(39)22-14-17-12-18(9-10-21(17)45-22)30(32,33)44(41,42)43)27(40)37-11-5-8-20(37)25(38)36-28-34-15-23(46-28)16-6-4-7-19(31)13-16/h4,6-7,9-10,12-15,20,24H,5,8,11H2,1-3H3,(H,35,39)(H,34,36,38)(H2,41,42,43)/t20-,24+/m0/s1. The van der Waals surface area contributed by atoms with Crippen LogP contribution in [0.3, 0.4) is 0 Å². The van der Waals surface area contributed by atoms with Gasteiger partial charge in [-0.05, 0) is 59.5 Å². The van der Waals surface area contributed by atoms with Crippen LogP contribution in [0.25, 0.3) is 20.5 Å². The highest BCUT2D eigenvalue weighted by Gasteiger charge is 2.50. The van der Waals surface area contributed by atoms with Crippen LogP contribution in [-0.2, 0) is 19.8 Å². The summed E-state index contributed by atoms with van der Waals surface area (Å²) in [6.45, 7) is 5.63. The molecular formula is C30H30ClF2N4O6PS2. The average molecular weight is 711 g/mol. The van der Waals surface area contributed by atoms with E-state index in [2.05, 4.69) is 15.6 Å². The lowest BCUT2D eigenvalue weighted by Gasteiger charge is -2.35. The number of benzene rings is 2. The number of thiophene rings is 1. The first-order chi connectivity index (χ1) is 21.5. The van der Waals surface area contributed by atoms with Crippen LogP contribution in [-0.4, -0.2) is 56.0 Å². The number of hydrogen-bond acceptors (Lipinski definition) is 7. The summed E-state index contributed by atoms with van der Waals surface area (Å²) in [6.07, 6.45) is 2.64. The lowest BCUT2D eigenvalue weighted by Crippen LogP contribution is -2.57. The van der Waals surface area contributed by atoms with E-state index in [1.165, 1.54) is 28.4 Å². The number of aromatic nitrogens is 1. The molecule has 0 saturated carbocycles. The van der Waals surface area contributed by atoms with Crippen LogP contribution in [0.15, 0.2) is 54.7 Å². The Labute approximate surface area is 275 Å². The number of thiazole rings is 1. The fourth-order valence-electron chi connectivity index (χ4n) is 5.13. The lowest BCUT2D eigenvalue weighted by atomic mass is 9.85. The molecule has 0 radical (unpaired) electrons. The number of likely N-dealkylation sites (tertiary alicyclic amines) is 1. The molecule has 1 fully saturated rings. The Hall–Kier alpha value is -3.26. The molecule has 4 aromatic rings. The maximum absolute atomic E-state index is 14.3. The Morgan fingerprint density at radius 3 is 2.52 bits per heavy atom. The number of amides is 3. The molecule has 3 amide bonds. The van der Waals surface area contributed by atoms with Gasteiger partial charge in [0, 0.05) is 28.0 Å². The van der Waals surface area contributed by atoms with E-state index in [1.54, 1.807) is 39.1 Å². The summed E-state index contributed by atoms with van der Waals surface area (Å²) in [6, 6.07) is 9.85. The topological polar surface area (TPSA) is 149 Å². The fourth-order valence-corrected chi connectivity index (χ4v) is 7.55. The van der Waals surface area contributed by atoms with E-state index < -0.39 is 54.0 Å². The monoisotopic (exact) mass is 710 g/mol. The summed E-state index contributed by atoms with van der Waals surface area (Å²) in [7, 11) is -5.77. The summed E-state index contributed by atoms with van der Waals surface area (Å²) in [5.74, 6) is -1.47. The Morgan fingerprint density at radius 2 is 1.85 bits per heavy atom. The number of hydrogen-bond donors (Lipinski definition) is 4. The minimum absolute atomic E-state index is 0.115. The number of rotatable bonds is 8. The number of carbonyl (C=O) groups excluding carboxylic acids is 3. The van der Waals surface area contributed by atoms with Gasteiger partial charge in [-0.2, -0.15) is 8.78 Å². The third kappa shape index (κ3) is 7.02. The van der Waals surface area contributed by atoms with Crippen LogP contribution in [0.5, 0.6) is 0 Å². The highest BCUT2D eigenvalue weighted by molar-refractivity contribution is 7.52. The molecule has 46 heavy (non-hydrogen) atoms. The highest BCUT2D eigenvalue weighted by atomic mass is 35.5. The van der Waals surface area contributed by atoms with E-state index >= 15 is 0 Å². The molecule has 0 unspecified atom stereocenters. The molecule has 244 valence electrons. The van der Waals surface area contributed by atoms with Crippen LogP contribution in [0.4, 0.5) is 13.9 Å². The maximum Gasteiger partial charge on any atom is 0.399 e. The molecule has 1 aliphatic rings. The van der Waals surface area contributed by atoms with Gasteiger partial charge in [-0.15, -0.1) is 11.3 Å². The molecule has 5 rings (SSSR count). The zero-order valence-corrected chi connectivity index (χ0v) is 28.1. The molecule has 16 heteroatoms. The molecular weight excluding hydrogens is 681 g/mol. The first-order valence-electron chi connectivity index (χ1n) is 14.1. The SMILES string of the molecule is CC(C)(C)[C@H](NC(=O)c1cc2cc(C(F)(F)P(=O)(O)O)ccc2s1)C(=O)N1CCC[C@H]1C(=O)Nc1ncc(-c2cccc(Cl)c2)s1. The van der Waals surface area contributed by atoms with Gasteiger partial charge in [0.2, 0.25) is 11.8 Å². The number of carbonyl (C=O) groups is 3. The van der Waals surface area contributed by atoms with E-state index in [1.807, 2.05) is 12.1 Å². The number of anilines is 1. The van der Waals surface area contributed by atoms with Crippen molar-refractivity contribution >= 4 is 74.8 Å². The summed E-state index contributed by atoms with van der Waals surface area (Å²) in [5.41, 5.74) is -5.19. The molecule has 2 aromatic carbocycles. The van der Waals surface area contributed by atoms with Gasteiger partial charge in [0.05, 0.1) is 9.75 Å². The molecule has 10 nitrogen and oxygen atoms in total. The third-order valence-corrected chi connectivity index (χ3v) is 10.8. The van der Waals surface area contributed by atoms with Crippen LogP contribution in [0, 0.1) is 5.41 Å². The summed E-state index contributed by atoms with van der Waals surface area (Å²) in [4.78, 5) is 65.5. The lowest BCUT2D eigenvalue weighted by molar-refractivity contribution is -0.140. The van der Waals surface area contributed by atoms with E-state index in [0.29, 0.717) is 34.2 Å². The Morgan fingerprint density at radius 1 is 1.11 bits per heavy atom. The van der Waals surface area contributed by atoms with Gasteiger partial charge in [0.25, 0.3) is 5.91 Å². The van der Waals surface area contributed by atoms with Crippen molar-refractivity contribution in [2.75, 3.05) is 11.9 Å². The van der Waals surface area contributed by atoms with Crippen LogP contribution in [0.1, 0.15) is 48.8 Å². The minimum Gasteiger partial charge on any atom is -0.339 e. The zero-order valence-electron chi connectivity index (χ0n) is 24.8. The van der Waals surface area contributed by atoms with Gasteiger partial charge >= 0.3 is 13.3 Å². The Bertz CT molecular complexity index is 1870. The molecule has 3 heterocycles. The molecule has 0 bridgehead atoms. The maximum atomic E-state index is 14.3. The van der Waals surface area contributed by atoms with E-state index in [9.17, 15) is 27.7 Å². The van der Waals surface area contributed by atoms with Gasteiger partial charge in [0.15, 0.2) is 5.13 Å². The molecule has 2 aromatic heterocycles. The van der Waals surface area contributed by atoms with Gasteiger partial charge in [-0.1, -0.05) is 61.9 Å². The average Bonchev–Trinajstić information content (AvgIpc) is 3.73. The quantitative estimate of drug-likeness (QED) is 0.149. The fraction of sp³-hybridized carbons (Fsp3) is 0.333. The minimum atomic E-state index is -5.77. The van der Waals surface area contributed by atoms with Crippen molar-refractivity contribution in [3.05, 3.63) is 70.2 Å². The van der Waals surface area contributed by atoms with Crippen LogP contribution in [0.2, 0.25) is 5.02 Å². The second-order valence-corrected chi connectivity index (χ2v) is 16.1. The smallest absolute Gasteiger partial charge is 0.339 e. The first-order valence-corrected chi connectivity index (χ1v) is 17.7. The van der Waals surface area contributed by atoms with Gasteiger partial charge in [0.1, 0.15) is 12.1 Å². The summed E-state index contributed by atoms with van der Waals surface area (Å²) < 4.78 is 40.3. The van der Waals surface area contributed by atoms with Crippen molar-refractivity contribution in [3.8, 4) is 10.4 Å². The Kier molecular flexibility index (Phi) is 9.44. The number of halogens is 3. The predicted molar refractivity (Wildman–Crippen MR) is 174 cm³/mol. The molecule has 1 aliphatic heterocycles. The normalized spacial score (nSPS) is 16.4. The van der Waals surface area contributed by atoms with Crippen molar-refractivity contribution in [3.63, 3.8) is 0 Å². The number of fused-ring (bicyclic) bond motifs is 1. The van der Waals surface area contributed by atoms with Crippen molar-refractivity contribution in [2.24, 2.45) is 5.41 Å². The van der Waals surface area contributed by atoms with Crippen LogP contribution >= 0.6 is 41.9 Å². The van der Waals surface area contributed by atoms with Crippen molar-refractivity contribution in [1.82, 2.24) is 15.2 Å². The van der Waals surface area contributed by atoms with Gasteiger partial charge in [-0.3, -0.25) is 18.9 Å². The molecule has 1 saturated heterocycles. The molecule has 0 spiro atoms. The molecule has 4 N–H and O–H groups in total. The Balaban J connectivity index is 1.31. The highest BCUT2D eigenvalue weighted by Crippen LogP contribution is 2.59. The van der Waals surface area contributed by atoms with E-state index in [0.717, 1.165) is 33.9 Å². The van der Waals surface area contributed by atoms with E-state index in [4.69, 9.17) is 21.4 Å². The summed E-state index contributed by atoms with van der Waals surface area (Å²) in [5, 5.41) is 6.71. The van der Waals surface area contributed by atoms with Gasteiger partial charge in [-0.25, -0.2) is 4.98 Å². The number of alkyl halides is 2. The number of nitrogens with zero attached hydrogens (tertiary/aromatic N) is 2. The van der Waals surface area contributed by atoms with Crippen molar-refractivity contribution in [1.29, 1.82) is 0 Å². The molecule has 0 aliphatic carbocycles. The first kappa shape index (κ1) is 34.1. The second kappa shape index (κ2) is 12.7. The predicted octanol–water partition coefficient (Wildman–Crippen LogP) is 6.68. The van der Waals surface area contributed by atoms with Crippen molar-refractivity contribution in [2.45, 2.75) is 51.4 Å².